The second-order valence-electron chi connectivity index (χ2n) is 6.69. The van der Waals surface area contributed by atoms with Crippen molar-refractivity contribution in [3.05, 3.63) is 95.6 Å². The van der Waals surface area contributed by atoms with Gasteiger partial charge >= 0.3 is 5.97 Å². The third-order valence-electron chi connectivity index (χ3n) is 4.60. The van der Waals surface area contributed by atoms with E-state index in [0.29, 0.717) is 11.3 Å². The highest BCUT2D eigenvalue weighted by Crippen LogP contribution is 2.29. The van der Waals surface area contributed by atoms with E-state index in [9.17, 15) is 13.2 Å². The molecule has 0 unspecified atom stereocenters. The summed E-state index contributed by atoms with van der Waals surface area (Å²) >= 11 is 0. The van der Waals surface area contributed by atoms with E-state index in [2.05, 4.69) is 0 Å². The minimum atomic E-state index is -3.85. The largest absolute Gasteiger partial charge is 0.469 e. The van der Waals surface area contributed by atoms with Crippen molar-refractivity contribution >= 4 is 21.7 Å². The first kappa shape index (κ1) is 20.6. The SMILES string of the molecule is COC(=O)Cc1ccccc1N(Cc1ccccc1)S(=O)(=O)c1ccc(C)cc1. The Morgan fingerprint density at radius 1 is 0.897 bits per heavy atom. The van der Waals surface area contributed by atoms with E-state index in [1.807, 2.05) is 37.3 Å². The molecule has 0 amide bonds. The van der Waals surface area contributed by atoms with Crippen LogP contribution in [0, 0.1) is 6.92 Å². The number of ether oxygens (including phenoxy) is 1. The molecular formula is C23H23NO4S. The standard InChI is InChI=1S/C23H23NO4S/c1-18-12-14-21(15-13-18)29(26,27)24(17-19-8-4-3-5-9-19)22-11-7-6-10-20(22)16-23(25)28-2/h3-15H,16-17H2,1-2H3. The number of nitrogens with zero attached hydrogens (tertiary/aromatic N) is 1. The zero-order valence-corrected chi connectivity index (χ0v) is 17.2. The lowest BCUT2D eigenvalue weighted by Gasteiger charge is -2.27. The lowest BCUT2D eigenvalue weighted by molar-refractivity contribution is -0.139. The third kappa shape index (κ3) is 4.84. The van der Waals surface area contributed by atoms with E-state index >= 15 is 0 Å². The highest BCUT2D eigenvalue weighted by molar-refractivity contribution is 7.92. The Morgan fingerprint density at radius 3 is 2.17 bits per heavy atom. The van der Waals surface area contributed by atoms with Crippen molar-refractivity contribution in [3.63, 3.8) is 0 Å². The maximum atomic E-state index is 13.6. The van der Waals surface area contributed by atoms with Gasteiger partial charge in [-0.3, -0.25) is 9.10 Å². The Kier molecular flexibility index (Phi) is 6.34. The number of carbonyl (C=O) groups is 1. The number of hydrogen-bond donors (Lipinski definition) is 0. The molecule has 3 rings (SSSR count). The van der Waals surface area contributed by atoms with E-state index in [0.717, 1.165) is 11.1 Å². The van der Waals surface area contributed by atoms with E-state index < -0.39 is 16.0 Å². The van der Waals surface area contributed by atoms with Gasteiger partial charge in [0.05, 0.1) is 30.7 Å². The molecule has 29 heavy (non-hydrogen) atoms. The predicted octanol–water partition coefficient (Wildman–Crippen LogP) is 4.11. The lowest BCUT2D eigenvalue weighted by atomic mass is 10.1. The first-order valence-corrected chi connectivity index (χ1v) is 10.6. The molecule has 0 saturated heterocycles. The molecule has 0 aliphatic rings. The molecule has 0 bridgehead atoms. The van der Waals surface area contributed by atoms with E-state index in [-0.39, 0.29) is 17.9 Å². The highest BCUT2D eigenvalue weighted by atomic mass is 32.2. The molecule has 150 valence electrons. The summed E-state index contributed by atoms with van der Waals surface area (Å²) in [6.45, 7) is 2.05. The number of aryl methyl sites for hydroxylation is 1. The third-order valence-corrected chi connectivity index (χ3v) is 6.37. The summed E-state index contributed by atoms with van der Waals surface area (Å²) < 4.78 is 33.3. The average molecular weight is 410 g/mol. The molecule has 0 heterocycles. The summed E-state index contributed by atoms with van der Waals surface area (Å²) in [6, 6.07) is 23.1. The number of hydrogen-bond acceptors (Lipinski definition) is 4. The second-order valence-corrected chi connectivity index (χ2v) is 8.55. The van der Waals surface area contributed by atoms with E-state index in [1.54, 1.807) is 48.5 Å². The lowest BCUT2D eigenvalue weighted by Crippen LogP contribution is -2.31. The van der Waals surface area contributed by atoms with Crippen LogP contribution in [-0.2, 0) is 32.5 Å². The fraction of sp³-hybridized carbons (Fsp3) is 0.174. The van der Waals surface area contributed by atoms with Gasteiger partial charge in [-0.25, -0.2) is 8.42 Å². The summed E-state index contributed by atoms with van der Waals surface area (Å²) in [5.41, 5.74) is 2.87. The maximum Gasteiger partial charge on any atom is 0.310 e. The van der Waals surface area contributed by atoms with Gasteiger partial charge in [0.25, 0.3) is 10.0 Å². The van der Waals surface area contributed by atoms with Crippen LogP contribution in [0.3, 0.4) is 0 Å². The molecule has 6 heteroatoms. The van der Waals surface area contributed by atoms with E-state index in [1.165, 1.54) is 11.4 Å². The molecule has 3 aromatic carbocycles. The first-order valence-electron chi connectivity index (χ1n) is 9.20. The van der Waals surface area contributed by atoms with Gasteiger partial charge in [0, 0.05) is 0 Å². The van der Waals surface area contributed by atoms with Gasteiger partial charge in [-0.15, -0.1) is 0 Å². The van der Waals surface area contributed by atoms with Crippen molar-refractivity contribution in [1.82, 2.24) is 0 Å². The van der Waals surface area contributed by atoms with Crippen LogP contribution in [0.5, 0.6) is 0 Å². The smallest absolute Gasteiger partial charge is 0.310 e. The molecule has 0 fully saturated rings. The molecule has 5 nitrogen and oxygen atoms in total. The van der Waals surface area contributed by atoms with Crippen LogP contribution in [0.1, 0.15) is 16.7 Å². The van der Waals surface area contributed by atoms with Crippen LogP contribution in [0.25, 0.3) is 0 Å². The molecule has 0 aliphatic carbocycles. The molecule has 0 N–H and O–H groups in total. The number of esters is 1. The Bertz CT molecular complexity index is 1080. The second kappa shape index (κ2) is 8.92. The molecule has 0 aliphatic heterocycles. The van der Waals surface area contributed by atoms with Crippen LogP contribution < -0.4 is 4.31 Å². The van der Waals surface area contributed by atoms with Gasteiger partial charge in [0.15, 0.2) is 0 Å². The highest BCUT2D eigenvalue weighted by Gasteiger charge is 2.27. The quantitative estimate of drug-likeness (QED) is 0.551. The van der Waals surface area contributed by atoms with Crippen LogP contribution in [0.2, 0.25) is 0 Å². The number of para-hydroxylation sites is 1. The van der Waals surface area contributed by atoms with Crippen LogP contribution >= 0.6 is 0 Å². The minimum absolute atomic E-state index is 0.0125. The number of benzene rings is 3. The van der Waals surface area contributed by atoms with Crippen LogP contribution in [0.15, 0.2) is 83.8 Å². The summed E-state index contributed by atoms with van der Waals surface area (Å²) in [5.74, 6) is -0.426. The van der Waals surface area contributed by atoms with Crippen LogP contribution in [0.4, 0.5) is 5.69 Å². The molecule has 0 aromatic heterocycles. The van der Waals surface area contributed by atoms with Crippen molar-refractivity contribution in [3.8, 4) is 0 Å². The van der Waals surface area contributed by atoms with Gasteiger partial charge in [-0.05, 0) is 36.2 Å². The normalized spacial score (nSPS) is 11.1. The molecule has 0 spiro atoms. The summed E-state index contributed by atoms with van der Waals surface area (Å²) in [5, 5.41) is 0. The zero-order valence-electron chi connectivity index (χ0n) is 16.4. The van der Waals surface area contributed by atoms with Crippen molar-refractivity contribution in [2.45, 2.75) is 24.8 Å². The Morgan fingerprint density at radius 2 is 1.52 bits per heavy atom. The van der Waals surface area contributed by atoms with E-state index in [4.69, 9.17) is 4.74 Å². The topological polar surface area (TPSA) is 63.7 Å². The average Bonchev–Trinajstić information content (AvgIpc) is 2.73. The Balaban J connectivity index is 2.12. The zero-order chi connectivity index (χ0) is 20.9. The maximum absolute atomic E-state index is 13.6. The monoisotopic (exact) mass is 409 g/mol. The molecule has 0 atom stereocenters. The van der Waals surface area contributed by atoms with Gasteiger partial charge < -0.3 is 4.74 Å². The fourth-order valence-corrected chi connectivity index (χ4v) is 4.51. The molecular weight excluding hydrogens is 386 g/mol. The fourth-order valence-electron chi connectivity index (χ4n) is 3.02. The Hall–Kier alpha value is -3.12. The number of sulfonamides is 1. The van der Waals surface area contributed by atoms with Gasteiger partial charge in [-0.2, -0.15) is 0 Å². The first-order chi connectivity index (χ1) is 13.9. The van der Waals surface area contributed by atoms with Crippen molar-refractivity contribution < 1.29 is 17.9 Å². The number of anilines is 1. The Labute approximate surface area is 171 Å². The van der Waals surface area contributed by atoms with Gasteiger partial charge in [0.2, 0.25) is 0 Å². The predicted molar refractivity (Wildman–Crippen MR) is 113 cm³/mol. The number of carbonyl (C=O) groups excluding carboxylic acids is 1. The molecule has 0 radical (unpaired) electrons. The van der Waals surface area contributed by atoms with Crippen LogP contribution in [-0.4, -0.2) is 21.5 Å². The molecule has 3 aromatic rings. The minimum Gasteiger partial charge on any atom is -0.469 e. The molecule has 0 saturated carbocycles. The van der Waals surface area contributed by atoms with Gasteiger partial charge in [-0.1, -0.05) is 66.2 Å². The summed E-state index contributed by atoms with van der Waals surface area (Å²) in [6.07, 6.45) is -0.0125. The van der Waals surface area contributed by atoms with Crippen molar-refractivity contribution in [1.29, 1.82) is 0 Å². The van der Waals surface area contributed by atoms with Crippen molar-refractivity contribution in [2.75, 3.05) is 11.4 Å². The summed E-state index contributed by atoms with van der Waals surface area (Å²) in [7, 11) is -2.54. The van der Waals surface area contributed by atoms with Crippen molar-refractivity contribution in [2.24, 2.45) is 0 Å². The number of methoxy groups -OCH3 is 1. The number of rotatable bonds is 7. The van der Waals surface area contributed by atoms with Gasteiger partial charge in [0.1, 0.15) is 0 Å². The summed E-state index contributed by atoms with van der Waals surface area (Å²) in [4.78, 5) is 12.1.